The summed E-state index contributed by atoms with van der Waals surface area (Å²) in [7, 11) is 0. The van der Waals surface area contributed by atoms with E-state index in [1.807, 2.05) is 37.3 Å². The molecule has 2 aliphatic rings. The van der Waals surface area contributed by atoms with Crippen molar-refractivity contribution in [2.45, 2.75) is 26.4 Å². The highest BCUT2D eigenvalue weighted by atomic mass is 32.1. The van der Waals surface area contributed by atoms with Crippen LogP contribution in [0.25, 0.3) is 11.5 Å². The number of ether oxygens (including phenoxy) is 2. The lowest BCUT2D eigenvalue weighted by atomic mass is 9.96. The first kappa shape index (κ1) is 20.7. The number of carbonyl (C=O) groups excluding carboxylic acids is 1. The van der Waals surface area contributed by atoms with Crippen molar-refractivity contribution in [3.05, 3.63) is 46.9 Å². The molecule has 0 spiro atoms. The summed E-state index contributed by atoms with van der Waals surface area (Å²) in [6.07, 6.45) is 3.27. The van der Waals surface area contributed by atoms with Crippen molar-refractivity contribution in [1.82, 2.24) is 19.7 Å². The highest BCUT2D eigenvalue weighted by Gasteiger charge is 2.26. The third-order valence-electron chi connectivity index (χ3n) is 5.68. The van der Waals surface area contributed by atoms with Crippen LogP contribution in [0, 0.1) is 17.7 Å². The van der Waals surface area contributed by atoms with E-state index in [1.165, 1.54) is 0 Å². The Hall–Kier alpha value is -3.24. The van der Waals surface area contributed by atoms with Gasteiger partial charge in [-0.25, -0.2) is 9.67 Å². The highest BCUT2D eigenvalue weighted by molar-refractivity contribution is 7.71. The van der Waals surface area contributed by atoms with Crippen molar-refractivity contribution in [2.24, 2.45) is 5.92 Å². The molecule has 166 valence electrons. The zero-order valence-corrected chi connectivity index (χ0v) is 18.4. The summed E-state index contributed by atoms with van der Waals surface area (Å²) in [6.45, 7) is 4.24. The Morgan fingerprint density at radius 1 is 1.19 bits per heavy atom. The topological polar surface area (TPSA) is 94.7 Å². The number of aromatic nitrogens is 3. The summed E-state index contributed by atoms with van der Waals surface area (Å²) < 4.78 is 18.1. The molecule has 0 atom stereocenters. The van der Waals surface area contributed by atoms with Crippen LogP contribution < -0.4 is 14.8 Å². The number of fused-ring (bicyclic) bond motifs is 1. The molecule has 2 aromatic heterocycles. The van der Waals surface area contributed by atoms with Crippen molar-refractivity contribution in [2.75, 3.05) is 25.2 Å². The average molecular weight is 454 g/mol. The molecule has 32 heavy (non-hydrogen) atoms. The average Bonchev–Trinajstić information content (AvgIpc) is 3.42. The number of nitrogens with zero attached hydrogens (tertiary/aromatic N) is 4. The fraction of sp³-hybridized carbons (Fsp3) is 0.364. The Morgan fingerprint density at radius 3 is 2.78 bits per heavy atom. The molecule has 5 rings (SSSR count). The molecule has 3 aromatic rings. The van der Waals surface area contributed by atoms with Crippen LogP contribution in [0.1, 0.15) is 18.4 Å². The molecule has 1 amide bonds. The van der Waals surface area contributed by atoms with Crippen molar-refractivity contribution in [3.63, 3.8) is 0 Å². The first-order valence-electron chi connectivity index (χ1n) is 10.5. The number of likely N-dealkylation sites (tertiary alicyclic amines) is 1. The number of pyridine rings is 1. The third-order valence-corrected chi connectivity index (χ3v) is 5.97. The van der Waals surface area contributed by atoms with Crippen molar-refractivity contribution >= 4 is 23.9 Å². The zero-order valence-electron chi connectivity index (χ0n) is 17.6. The number of rotatable bonds is 5. The van der Waals surface area contributed by atoms with Gasteiger partial charge in [0, 0.05) is 30.8 Å². The van der Waals surface area contributed by atoms with Gasteiger partial charge in [-0.05, 0) is 61.8 Å². The second kappa shape index (κ2) is 8.71. The summed E-state index contributed by atoms with van der Waals surface area (Å²) in [5.74, 6) is 2.38. The molecule has 2 aliphatic heterocycles. The number of anilines is 1. The number of aryl methyl sites for hydroxylation is 1. The van der Waals surface area contributed by atoms with Crippen LogP contribution in [0.3, 0.4) is 0 Å². The van der Waals surface area contributed by atoms with Gasteiger partial charge in [-0.15, -0.1) is 5.10 Å². The second-order valence-corrected chi connectivity index (χ2v) is 8.33. The number of nitrogens with one attached hydrogen (secondary N) is 1. The van der Waals surface area contributed by atoms with E-state index in [0.717, 1.165) is 37.1 Å². The normalized spacial score (nSPS) is 16.3. The van der Waals surface area contributed by atoms with Crippen LogP contribution in [-0.4, -0.2) is 45.5 Å². The van der Waals surface area contributed by atoms with E-state index in [4.69, 9.17) is 26.1 Å². The molecule has 1 saturated heterocycles. The molecular formula is C22H23N5O4S. The predicted molar refractivity (Wildman–Crippen MR) is 119 cm³/mol. The van der Waals surface area contributed by atoms with Gasteiger partial charge < -0.3 is 19.2 Å². The van der Waals surface area contributed by atoms with E-state index in [9.17, 15) is 4.79 Å². The molecule has 0 radical (unpaired) electrons. The van der Waals surface area contributed by atoms with Crippen LogP contribution >= 0.6 is 12.2 Å². The van der Waals surface area contributed by atoms with Gasteiger partial charge in [-0.2, -0.15) is 0 Å². The number of hydrogen-bond donors (Lipinski definition) is 1. The van der Waals surface area contributed by atoms with Crippen LogP contribution in [0.2, 0.25) is 0 Å². The molecule has 4 heterocycles. The van der Waals surface area contributed by atoms with E-state index in [0.29, 0.717) is 34.7 Å². The van der Waals surface area contributed by atoms with E-state index in [2.05, 4.69) is 20.3 Å². The smallest absolute Gasteiger partial charge is 0.288 e. The zero-order chi connectivity index (χ0) is 22.1. The summed E-state index contributed by atoms with van der Waals surface area (Å²) in [6, 6.07) is 9.29. The standard InChI is InChI=1S/C22H23N5O4S/c1-14-2-5-19(23-11-14)24-20(28)15-6-8-26(9-7-15)12-27-22(32)31-21(25-27)16-3-4-17-18(10-16)30-13-29-17/h2-5,10-11,15H,6-9,12-13H2,1H3,(H,23,24,28). The van der Waals surface area contributed by atoms with Crippen LogP contribution in [0.4, 0.5) is 5.82 Å². The molecule has 1 N–H and O–H groups in total. The van der Waals surface area contributed by atoms with Crippen molar-refractivity contribution in [3.8, 4) is 23.0 Å². The summed E-state index contributed by atoms with van der Waals surface area (Å²) in [5, 5.41) is 7.45. The van der Waals surface area contributed by atoms with Gasteiger partial charge >= 0.3 is 0 Å². The van der Waals surface area contributed by atoms with Gasteiger partial charge in [0.25, 0.3) is 4.84 Å². The predicted octanol–water partition coefficient (Wildman–Crippen LogP) is 3.61. The second-order valence-electron chi connectivity index (χ2n) is 7.98. The van der Waals surface area contributed by atoms with Gasteiger partial charge in [0.1, 0.15) is 5.82 Å². The summed E-state index contributed by atoms with van der Waals surface area (Å²) in [5.41, 5.74) is 1.84. The minimum absolute atomic E-state index is 0.0177. The first-order valence-corrected chi connectivity index (χ1v) is 10.9. The van der Waals surface area contributed by atoms with Crippen LogP contribution in [0.15, 0.2) is 40.9 Å². The number of amides is 1. The van der Waals surface area contributed by atoms with Crippen molar-refractivity contribution in [1.29, 1.82) is 0 Å². The molecule has 1 fully saturated rings. The highest BCUT2D eigenvalue weighted by Crippen LogP contribution is 2.35. The number of hydrogen-bond acceptors (Lipinski definition) is 8. The first-order chi connectivity index (χ1) is 15.5. The third kappa shape index (κ3) is 4.37. The lowest BCUT2D eigenvalue weighted by Gasteiger charge is -2.30. The maximum Gasteiger partial charge on any atom is 0.288 e. The van der Waals surface area contributed by atoms with Crippen LogP contribution in [-0.2, 0) is 11.5 Å². The van der Waals surface area contributed by atoms with Crippen LogP contribution in [0.5, 0.6) is 11.5 Å². The van der Waals surface area contributed by atoms with Gasteiger partial charge in [0.15, 0.2) is 11.5 Å². The summed E-state index contributed by atoms with van der Waals surface area (Å²) >= 11 is 5.37. The monoisotopic (exact) mass is 453 g/mol. The molecule has 0 bridgehead atoms. The fourth-order valence-corrected chi connectivity index (χ4v) is 4.02. The van der Waals surface area contributed by atoms with Gasteiger partial charge in [0.05, 0.1) is 6.67 Å². The Kier molecular flexibility index (Phi) is 5.62. The van der Waals surface area contributed by atoms with E-state index in [-0.39, 0.29) is 18.6 Å². The van der Waals surface area contributed by atoms with Gasteiger partial charge in [-0.3, -0.25) is 9.69 Å². The molecule has 1 aromatic carbocycles. The van der Waals surface area contributed by atoms with Gasteiger partial charge in [0.2, 0.25) is 18.6 Å². The number of piperidine rings is 1. The largest absolute Gasteiger partial charge is 0.454 e. The Morgan fingerprint density at radius 2 is 2.00 bits per heavy atom. The molecular weight excluding hydrogens is 430 g/mol. The Balaban J connectivity index is 1.18. The molecule has 0 saturated carbocycles. The van der Waals surface area contributed by atoms with E-state index >= 15 is 0 Å². The van der Waals surface area contributed by atoms with E-state index < -0.39 is 0 Å². The Labute approximate surface area is 190 Å². The SMILES string of the molecule is Cc1ccc(NC(=O)C2CCN(Cn3nc(-c4ccc5c(c4)OCO5)oc3=S)CC2)nc1. The molecule has 0 unspecified atom stereocenters. The Bertz CT molecular complexity index is 1180. The number of carbonyl (C=O) groups is 1. The number of benzene rings is 1. The van der Waals surface area contributed by atoms with Crippen molar-refractivity contribution < 1.29 is 18.7 Å². The maximum absolute atomic E-state index is 12.6. The minimum atomic E-state index is -0.0381. The fourth-order valence-electron chi connectivity index (χ4n) is 3.84. The van der Waals surface area contributed by atoms with E-state index in [1.54, 1.807) is 10.9 Å². The lowest BCUT2D eigenvalue weighted by Crippen LogP contribution is -2.39. The molecule has 10 heteroatoms. The molecule has 0 aliphatic carbocycles. The minimum Gasteiger partial charge on any atom is -0.454 e. The summed E-state index contributed by atoms with van der Waals surface area (Å²) in [4.78, 5) is 19.3. The lowest BCUT2D eigenvalue weighted by molar-refractivity contribution is -0.121. The quantitative estimate of drug-likeness (QED) is 0.586. The van der Waals surface area contributed by atoms with Gasteiger partial charge in [-0.1, -0.05) is 6.07 Å². The maximum atomic E-state index is 12.6. The molecule has 9 nitrogen and oxygen atoms in total.